The van der Waals surface area contributed by atoms with E-state index in [9.17, 15) is 9.59 Å². The molecule has 0 aromatic heterocycles. The molecule has 0 unspecified atom stereocenters. The molecular formula is C13H20O2. The van der Waals surface area contributed by atoms with Gasteiger partial charge in [0.15, 0.2) is 5.78 Å². The van der Waals surface area contributed by atoms with Crippen LogP contribution in [0, 0.1) is 16.7 Å². The van der Waals surface area contributed by atoms with Crippen molar-refractivity contribution in [2.24, 2.45) is 16.7 Å². The third-order valence-corrected chi connectivity index (χ3v) is 4.18. The first kappa shape index (κ1) is 10.8. The van der Waals surface area contributed by atoms with E-state index in [1.54, 1.807) is 0 Å². The molecule has 0 amide bonds. The Morgan fingerprint density at radius 1 is 1.27 bits per heavy atom. The number of rotatable bonds is 0. The second-order valence-electron chi connectivity index (χ2n) is 6.10. The van der Waals surface area contributed by atoms with Crippen molar-refractivity contribution in [1.29, 1.82) is 0 Å². The van der Waals surface area contributed by atoms with Crippen LogP contribution in [0.15, 0.2) is 0 Å². The average molecular weight is 208 g/mol. The molecule has 1 spiro atoms. The minimum atomic E-state index is -0.582. The van der Waals surface area contributed by atoms with E-state index in [-0.39, 0.29) is 11.6 Å². The Morgan fingerprint density at radius 2 is 1.93 bits per heavy atom. The van der Waals surface area contributed by atoms with E-state index in [1.165, 1.54) is 6.42 Å². The van der Waals surface area contributed by atoms with Crippen molar-refractivity contribution in [3.8, 4) is 0 Å². The monoisotopic (exact) mass is 208 g/mol. The molecule has 0 aromatic carbocycles. The van der Waals surface area contributed by atoms with Crippen LogP contribution in [0.25, 0.3) is 0 Å². The van der Waals surface area contributed by atoms with Gasteiger partial charge in [-0.05, 0) is 18.8 Å². The number of Topliss-reactive ketones (excluding diaryl/α,β-unsaturated/α-hetero) is 2. The first-order valence-electron chi connectivity index (χ1n) is 5.97. The molecule has 2 heteroatoms. The fourth-order valence-corrected chi connectivity index (χ4v) is 3.44. The highest BCUT2D eigenvalue weighted by Crippen LogP contribution is 2.52. The average Bonchev–Trinajstić information content (AvgIpc) is 2.28. The molecule has 2 fully saturated rings. The molecule has 0 bridgehead atoms. The van der Waals surface area contributed by atoms with E-state index in [0.717, 1.165) is 19.3 Å². The summed E-state index contributed by atoms with van der Waals surface area (Å²) in [6.45, 7) is 6.00. The van der Waals surface area contributed by atoms with Crippen LogP contribution < -0.4 is 0 Å². The van der Waals surface area contributed by atoms with Gasteiger partial charge in [0, 0.05) is 11.8 Å². The highest BCUT2D eigenvalue weighted by molar-refractivity contribution is 6.15. The summed E-state index contributed by atoms with van der Waals surface area (Å²) in [7, 11) is 0. The molecule has 0 radical (unpaired) electrons. The normalized spacial score (nSPS) is 40.1. The lowest BCUT2D eigenvalue weighted by Gasteiger charge is -2.35. The summed E-state index contributed by atoms with van der Waals surface area (Å²) in [6.07, 6.45) is 4.27. The topological polar surface area (TPSA) is 34.1 Å². The van der Waals surface area contributed by atoms with Crippen LogP contribution in [0.1, 0.15) is 52.9 Å². The summed E-state index contributed by atoms with van der Waals surface area (Å²) < 4.78 is 0. The molecule has 2 aliphatic rings. The van der Waals surface area contributed by atoms with Crippen molar-refractivity contribution in [1.82, 2.24) is 0 Å². The van der Waals surface area contributed by atoms with E-state index in [0.29, 0.717) is 12.3 Å². The molecule has 0 aliphatic heterocycles. The van der Waals surface area contributed by atoms with Gasteiger partial charge in [0.2, 0.25) is 0 Å². The second-order valence-corrected chi connectivity index (χ2v) is 6.10. The molecule has 0 aromatic rings. The Bertz CT molecular complexity index is 316. The third kappa shape index (κ3) is 1.45. The lowest BCUT2D eigenvalue weighted by molar-refractivity contribution is -0.140. The van der Waals surface area contributed by atoms with Crippen LogP contribution >= 0.6 is 0 Å². The highest BCUT2D eigenvalue weighted by atomic mass is 16.2. The van der Waals surface area contributed by atoms with Crippen molar-refractivity contribution in [2.45, 2.75) is 52.9 Å². The minimum Gasteiger partial charge on any atom is -0.299 e. The Balaban J connectivity index is 2.35. The maximum Gasteiger partial charge on any atom is 0.152 e. The molecule has 15 heavy (non-hydrogen) atoms. The number of hydrogen-bond acceptors (Lipinski definition) is 2. The molecule has 84 valence electrons. The largest absolute Gasteiger partial charge is 0.299 e. The van der Waals surface area contributed by atoms with Crippen molar-refractivity contribution < 1.29 is 9.59 Å². The van der Waals surface area contributed by atoms with Crippen molar-refractivity contribution in [3.63, 3.8) is 0 Å². The van der Waals surface area contributed by atoms with E-state index < -0.39 is 10.8 Å². The molecule has 2 aliphatic carbocycles. The first-order valence-corrected chi connectivity index (χ1v) is 5.97. The summed E-state index contributed by atoms with van der Waals surface area (Å²) in [4.78, 5) is 24.4. The van der Waals surface area contributed by atoms with Crippen LogP contribution in [-0.4, -0.2) is 11.6 Å². The SMILES string of the molecule is C[C@@H]1CCC[C@]2(C1)C(=O)CC(C)(C)C2=O. The van der Waals surface area contributed by atoms with Crippen LogP contribution in [-0.2, 0) is 9.59 Å². The van der Waals surface area contributed by atoms with Crippen LogP contribution in [0.3, 0.4) is 0 Å². The summed E-state index contributed by atoms with van der Waals surface area (Å²) >= 11 is 0. The zero-order valence-corrected chi connectivity index (χ0v) is 9.93. The molecular weight excluding hydrogens is 188 g/mol. The lowest BCUT2D eigenvalue weighted by atomic mass is 9.66. The van der Waals surface area contributed by atoms with Gasteiger partial charge in [0.05, 0.1) is 5.41 Å². The standard InChI is InChI=1S/C13H20O2/c1-9-5-4-6-13(7-9)10(14)8-12(2,3)11(13)15/h9H,4-8H2,1-3H3/t9-,13+/m1/s1. The molecule has 0 saturated heterocycles. The first-order chi connectivity index (χ1) is 6.88. The smallest absolute Gasteiger partial charge is 0.152 e. The molecule has 2 saturated carbocycles. The van der Waals surface area contributed by atoms with Gasteiger partial charge in [-0.15, -0.1) is 0 Å². The number of hydrogen-bond donors (Lipinski definition) is 0. The fraction of sp³-hybridized carbons (Fsp3) is 0.846. The van der Waals surface area contributed by atoms with E-state index >= 15 is 0 Å². The van der Waals surface area contributed by atoms with E-state index in [4.69, 9.17) is 0 Å². The predicted molar refractivity (Wildman–Crippen MR) is 58.5 cm³/mol. The molecule has 2 atom stereocenters. The lowest BCUT2D eigenvalue weighted by Crippen LogP contribution is -2.39. The second kappa shape index (κ2) is 3.16. The van der Waals surface area contributed by atoms with Crippen LogP contribution in [0.2, 0.25) is 0 Å². The minimum absolute atomic E-state index is 0.212. The zero-order chi connectivity index (χ0) is 11.3. The number of ketones is 2. The number of carbonyl (C=O) groups excluding carboxylic acids is 2. The summed E-state index contributed by atoms with van der Waals surface area (Å²) in [5.74, 6) is 0.955. The molecule has 0 heterocycles. The van der Waals surface area contributed by atoms with Crippen molar-refractivity contribution >= 4 is 11.6 Å². The predicted octanol–water partition coefficient (Wildman–Crippen LogP) is 2.75. The fourth-order valence-electron chi connectivity index (χ4n) is 3.44. The molecule has 2 rings (SSSR count). The summed E-state index contributed by atoms with van der Waals surface area (Å²) in [5, 5.41) is 0. The Labute approximate surface area is 91.4 Å². The number of carbonyl (C=O) groups is 2. The van der Waals surface area contributed by atoms with Gasteiger partial charge < -0.3 is 0 Å². The summed E-state index contributed by atoms with van der Waals surface area (Å²) in [5.41, 5.74) is -0.991. The van der Waals surface area contributed by atoms with Crippen molar-refractivity contribution in [2.75, 3.05) is 0 Å². The van der Waals surface area contributed by atoms with Crippen molar-refractivity contribution in [3.05, 3.63) is 0 Å². The van der Waals surface area contributed by atoms with Gasteiger partial charge in [-0.1, -0.05) is 33.6 Å². The van der Waals surface area contributed by atoms with E-state index in [1.807, 2.05) is 13.8 Å². The Kier molecular flexibility index (Phi) is 2.29. The van der Waals surface area contributed by atoms with Gasteiger partial charge >= 0.3 is 0 Å². The Morgan fingerprint density at radius 3 is 2.40 bits per heavy atom. The van der Waals surface area contributed by atoms with Gasteiger partial charge in [-0.2, -0.15) is 0 Å². The zero-order valence-electron chi connectivity index (χ0n) is 9.93. The maximum atomic E-state index is 12.3. The quantitative estimate of drug-likeness (QED) is 0.574. The van der Waals surface area contributed by atoms with Gasteiger partial charge in [0.25, 0.3) is 0 Å². The maximum absolute atomic E-state index is 12.3. The molecule has 0 N–H and O–H groups in total. The van der Waals surface area contributed by atoms with Crippen LogP contribution in [0.5, 0.6) is 0 Å². The highest BCUT2D eigenvalue weighted by Gasteiger charge is 2.58. The summed E-state index contributed by atoms with van der Waals surface area (Å²) in [6, 6.07) is 0. The van der Waals surface area contributed by atoms with E-state index in [2.05, 4.69) is 6.92 Å². The molecule has 2 nitrogen and oxygen atoms in total. The van der Waals surface area contributed by atoms with Gasteiger partial charge in [-0.25, -0.2) is 0 Å². The van der Waals surface area contributed by atoms with Gasteiger partial charge in [-0.3, -0.25) is 9.59 Å². The Hall–Kier alpha value is -0.660. The van der Waals surface area contributed by atoms with Crippen LogP contribution in [0.4, 0.5) is 0 Å². The van der Waals surface area contributed by atoms with Gasteiger partial charge in [0.1, 0.15) is 5.78 Å². The third-order valence-electron chi connectivity index (χ3n) is 4.18.